The summed E-state index contributed by atoms with van der Waals surface area (Å²) >= 11 is 6.05. The number of likely N-dealkylation sites (tertiary alicyclic amines) is 1. The molecular formula is C26H23ClF4N2O. The number of hydrogen-bond donors (Lipinski definition) is 0. The van der Waals surface area contributed by atoms with Crippen molar-refractivity contribution in [1.82, 2.24) is 9.80 Å². The van der Waals surface area contributed by atoms with Gasteiger partial charge in [0.15, 0.2) is 0 Å². The minimum Gasteiger partial charge on any atom is -0.336 e. The van der Waals surface area contributed by atoms with Crippen LogP contribution in [0.25, 0.3) is 0 Å². The van der Waals surface area contributed by atoms with E-state index >= 15 is 0 Å². The molecule has 3 aromatic rings. The van der Waals surface area contributed by atoms with E-state index in [1.165, 1.54) is 6.07 Å². The normalized spacial score (nSPS) is 18.5. The van der Waals surface area contributed by atoms with Gasteiger partial charge < -0.3 is 4.90 Å². The van der Waals surface area contributed by atoms with Crippen LogP contribution in [0.2, 0.25) is 5.02 Å². The Morgan fingerprint density at radius 1 is 1.03 bits per heavy atom. The van der Waals surface area contributed by atoms with Crippen LogP contribution in [0, 0.1) is 5.82 Å². The summed E-state index contributed by atoms with van der Waals surface area (Å²) in [6.45, 7) is 1.14. The first-order chi connectivity index (χ1) is 16.1. The number of likely N-dealkylation sites (N-methyl/N-ethyl adjacent to an activating group) is 1. The lowest BCUT2D eigenvalue weighted by Gasteiger charge is -2.29. The topological polar surface area (TPSA) is 23.6 Å². The Bertz CT molecular complexity index is 1150. The molecule has 3 nitrogen and oxygen atoms in total. The highest BCUT2D eigenvalue weighted by Crippen LogP contribution is 2.34. The zero-order chi connectivity index (χ0) is 24.5. The highest BCUT2D eigenvalue weighted by atomic mass is 35.5. The molecule has 0 saturated carbocycles. The number of benzene rings is 3. The van der Waals surface area contributed by atoms with E-state index in [0.717, 1.165) is 17.7 Å². The fraction of sp³-hybridized carbons (Fsp3) is 0.269. The molecule has 0 aliphatic carbocycles. The van der Waals surface area contributed by atoms with E-state index in [-0.39, 0.29) is 24.4 Å². The van der Waals surface area contributed by atoms with Crippen LogP contribution in [-0.4, -0.2) is 41.9 Å². The lowest BCUT2D eigenvalue weighted by Crippen LogP contribution is -2.38. The summed E-state index contributed by atoms with van der Waals surface area (Å²) in [6, 6.07) is 19.3. The van der Waals surface area contributed by atoms with Crippen molar-refractivity contribution in [1.29, 1.82) is 0 Å². The van der Waals surface area contributed by atoms with Crippen molar-refractivity contribution in [3.8, 4) is 0 Å². The molecule has 0 spiro atoms. The van der Waals surface area contributed by atoms with E-state index in [1.54, 1.807) is 29.2 Å². The maximum Gasteiger partial charge on any atom is 0.419 e. The maximum absolute atomic E-state index is 14.1. The quantitative estimate of drug-likeness (QED) is 0.395. The van der Waals surface area contributed by atoms with Gasteiger partial charge in [-0.3, -0.25) is 9.69 Å². The highest BCUT2D eigenvalue weighted by Gasteiger charge is 2.39. The standard InChI is InChI=1S/C26H23ClF4N2O/c1-32(14-17-7-12-22(23(28)13-17)26(29,30)31)24-16-33(25(34)19-5-3-2-4-6-19)15-21(24)18-8-10-20(27)11-9-18/h2-13,21,24H,14-16H2,1H3/t21-,24-/m1/s1. The number of carbonyl (C=O) groups is 1. The molecule has 4 rings (SSSR count). The second-order valence-electron chi connectivity index (χ2n) is 8.53. The van der Waals surface area contributed by atoms with Gasteiger partial charge in [-0.1, -0.05) is 48.0 Å². The zero-order valence-corrected chi connectivity index (χ0v) is 19.2. The number of rotatable bonds is 5. The third-order valence-corrected chi connectivity index (χ3v) is 6.48. The largest absolute Gasteiger partial charge is 0.419 e. The number of hydrogen-bond acceptors (Lipinski definition) is 2. The van der Waals surface area contributed by atoms with Gasteiger partial charge in [0, 0.05) is 42.2 Å². The van der Waals surface area contributed by atoms with Crippen LogP contribution in [-0.2, 0) is 12.7 Å². The summed E-state index contributed by atoms with van der Waals surface area (Å²) in [6.07, 6.45) is -4.74. The first kappa shape index (κ1) is 24.2. The smallest absolute Gasteiger partial charge is 0.336 e. The number of nitrogens with zero attached hydrogens (tertiary/aromatic N) is 2. The summed E-state index contributed by atoms with van der Waals surface area (Å²) in [5.41, 5.74) is 0.739. The first-order valence-corrected chi connectivity index (χ1v) is 11.2. The van der Waals surface area contributed by atoms with Crippen molar-refractivity contribution < 1.29 is 22.4 Å². The predicted octanol–water partition coefficient (Wildman–Crippen LogP) is 6.24. The molecule has 0 bridgehead atoms. The van der Waals surface area contributed by atoms with Crippen molar-refractivity contribution in [2.75, 3.05) is 20.1 Å². The van der Waals surface area contributed by atoms with Gasteiger partial charge in [-0.15, -0.1) is 0 Å². The van der Waals surface area contributed by atoms with Gasteiger partial charge in [0.25, 0.3) is 5.91 Å². The molecule has 178 valence electrons. The second-order valence-corrected chi connectivity index (χ2v) is 8.97. The van der Waals surface area contributed by atoms with E-state index in [2.05, 4.69) is 0 Å². The number of alkyl halides is 3. The van der Waals surface area contributed by atoms with E-state index in [9.17, 15) is 22.4 Å². The van der Waals surface area contributed by atoms with E-state index in [4.69, 9.17) is 11.6 Å². The molecule has 1 saturated heterocycles. The van der Waals surface area contributed by atoms with Gasteiger partial charge >= 0.3 is 6.18 Å². The van der Waals surface area contributed by atoms with Crippen LogP contribution in [0.3, 0.4) is 0 Å². The average molecular weight is 491 g/mol. The number of halogens is 5. The predicted molar refractivity (Wildman–Crippen MR) is 123 cm³/mol. The molecule has 0 aromatic heterocycles. The molecular weight excluding hydrogens is 468 g/mol. The summed E-state index contributed by atoms with van der Waals surface area (Å²) in [4.78, 5) is 16.8. The van der Waals surface area contributed by atoms with Crippen molar-refractivity contribution in [3.63, 3.8) is 0 Å². The zero-order valence-electron chi connectivity index (χ0n) is 18.4. The summed E-state index contributed by atoms with van der Waals surface area (Å²) in [7, 11) is 1.83. The van der Waals surface area contributed by atoms with Crippen molar-refractivity contribution in [3.05, 3.63) is 106 Å². The third-order valence-electron chi connectivity index (χ3n) is 6.23. The first-order valence-electron chi connectivity index (χ1n) is 10.8. The molecule has 2 atom stereocenters. The van der Waals surface area contributed by atoms with Gasteiger partial charge in [-0.2, -0.15) is 13.2 Å². The fourth-order valence-electron chi connectivity index (χ4n) is 4.49. The van der Waals surface area contributed by atoms with Gasteiger partial charge in [0.05, 0.1) is 5.56 Å². The molecule has 8 heteroatoms. The maximum atomic E-state index is 14.1. The van der Waals surface area contributed by atoms with Crippen molar-refractivity contribution in [2.45, 2.75) is 24.7 Å². The van der Waals surface area contributed by atoms with Crippen LogP contribution in [0.5, 0.6) is 0 Å². The van der Waals surface area contributed by atoms with Gasteiger partial charge in [0.2, 0.25) is 0 Å². The molecule has 0 unspecified atom stereocenters. The van der Waals surface area contributed by atoms with E-state index < -0.39 is 17.6 Å². The Balaban J connectivity index is 1.58. The van der Waals surface area contributed by atoms with Gasteiger partial charge in [-0.25, -0.2) is 4.39 Å². The molecule has 1 aliphatic rings. The van der Waals surface area contributed by atoms with Gasteiger partial charge in [0.1, 0.15) is 5.82 Å². The highest BCUT2D eigenvalue weighted by molar-refractivity contribution is 6.30. The Morgan fingerprint density at radius 2 is 1.71 bits per heavy atom. The van der Waals surface area contributed by atoms with E-state index in [0.29, 0.717) is 29.2 Å². The van der Waals surface area contributed by atoms with Crippen LogP contribution in [0.1, 0.15) is 33.0 Å². The minimum atomic E-state index is -4.74. The summed E-state index contributed by atoms with van der Waals surface area (Å²) in [5, 5.41) is 0.601. The molecule has 0 N–H and O–H groups in total. The molecule has 1 amide bonds. The Labute approximate surface area is 200 Å². The monoisotopic (exact) mass is 490 g/mol. The molecule has 0 radical (unpaired) electrons. The Hall–Kier alpha value is -2.90. The average Bonchev–Trinajstić information content (AvgIpc) is 3.24. The third kappa shape index (κ3) is 5.26. The summed E-state index contributed by atoms with van der Waals surface area (Å²) in [5.74, 6) is -1.43. The van der Waals surface area contributed by atoms with Crippen LogP contribution >= 0.6 is 11.6 Å². The molecule has 34 heavy (non-hydrogen) atoms. The molecule has 1 fully saturated rings. The molecule has 1 aliphatic heterocycles. The molecule has 3 aromatic carbocycles. The molecule has 1 heterocycles. The SMILES string of the molecule is CN(Cc1ccc(C(F)(F)F)c(F)c1)[C@@H]1CN(C(=O)c2ccccc2)C[C@@H]1c1ccc(Cl)cc1. The van der Waals surface area contributed by atoms with E-state index in [1.807, 2.05) is 42.3 Å². The second kappa shape index (κ2) is 9.76. The van der Waals surface area contributed by atoms with Crippen molar-refractivity contribution >= 4 is 17.5 Å². The van der Waals surface area contributed by atoms with Gasteiger partial charge in [-0.05, 0) is 54.6 Å². The number of amides is 1. The minimum absolute atomic E-state index is 0.0470. The van der Waals surface area contributed by atoms with Crippen LogP contribution in [0.4, 0.5) is 17.6 Å². The van der Waals surface area contributed by atoms with Crippen molar-refractivity contribution in [2.24, 2.45) is 0 Å². The summed E-state index contributed by atoms with van der Waals surface area (Å²) < 4.78 is 52.9. The Morgan fingerprint density at radius 3 is 2.32 bits per heavy atom. The van der Waals surface area contributed by atoms with Crippen LogP contribution < -0.4 is 0 Å². The lowest BCUT2D eigenvalue weighted by molar-refractivity contribution is -0.140. The lowest BCUT2D eigenvalue weighted by atomic mass is 9.93. The van der Waals surface area contributed by atoms with Crippen LogP contribution in [0.15, 0.2) is 72.8 Å². The number of carbonyl (C=O) groups excluding carboxylic acids is 1. The fourth-order valence-corrected chi connectivity index (χ4v) is 4.62. The Kier molecular flexibility index (Phi) is 6.96.